The largest absolute Gasteiger partial charge is 0.386 e. The molecule has 2 fully saturated rings. The van der Waals surface area contributed by atoms with Crippen LogP contribution in [0.25, 0.3) is 0 Å². The summed E-state index contributed by atoms with van der Waals surface area (Å²) in [4.78, 5) is 13.8. The van der Waals surface area contributed by atoms with Crippen LogP contribution >= 0.6 is 0 Å². The number of hydrogen-bond acceptors (Lipinski definition) is 5. The molecule has 116 valence electrons. The Kier molecular flexibility index (Phi) is 4.21. The molecule has 7 nitrogen and oxygen atoms in total. The van der Waals surface area contributed by atoms with Crippen molar-refractivity contribution in [3.63, 3.8) is 0 Å². The fourth-order valence-corrected chi connectivity index (χ4v) is 2.76. The normalized spacial score (nSPS) is 26.0. The molecule has 1 N–H and O–H groups in total. The van der Waals surface area contributed by atoms with Crippen molar-refractivity contribution in [1.82, 2.24) is 19.9 Å². The predicted octanol–water partition coefficient (Wildman–Crippen LogP) is 0.0582. The van der Waals surface area contributed by atoms with Crippen molar-refractivity contribution in [1.29, 1.82) is 0 Å². The molecule has 1 saturated carbocycles. The van der Waals surface area contributed by atoms with Gasteiger partial charge in [-0.05, 0) is 31.6 Å². The lowest BCUT2D eigenvalue weighted by atomic mass is 9.93. The summed E-state index contributed by atoms with van der Waals surface area (Å²) < 4.78 is 7.05. The molecule has 1 unspecified atom stereocenters. The zero-order chi connectivity index (χ0) is 14.7. The standard InChI is InChI=1S/C14H22N4O3/c19-13(9-21-8-12-2-3-12)17-6-1-4-14(20,10-17)11-18-7-5-15-16-18/h5,7,12,20H,1-4,6,8-11H2. The average molecular weight is 294 g/mol. The lowest BCUT2D eigenvalue weighted by Gasteiger charge is -2.39. The highest BCUT2D eigenvalue weighted by molar-refractivity contribution is 5.77. The van der Waals surface area contributed by atoms with Crippen LogP contribution in [0.4, 0.5) is 0 Å². The van der Waals surface area contributed by atoms with Gasteiger partial charge in [-0.2, -0.15) is 0 Å². The molecule has 1 aromatic heterocycles. The van der Waals surface area contributed by atoms with Crippen molar-refractivity contribution < 1.29 is 14.6 Å². The molecule has 3 rings (SSSR count). The molecule has 1 amide bonds. The highest BCUT2D eigenvalue weighted by atomic mass is 16.5. The molecule has 7 heteroatoms. The van der Waals surface area contributed by atoms with Crippen LogP contribution in [0.15, 0.2) is 12.4 Å². The minimum Gasteiger partial charge on any atom is -0.386 e. The number of likely N-dealkylation sites (tertiary alicyclic amines) is 1. The molecule has 1 atom stereocenters. The number of piperidine rings is 1. The van der Waals surface area contributed by atoms with E-state index < -0.39 is 5.60 Å². The number of carbonyl (C=O) groups is 1. The van der Waals surface area contributed by atoms with Crippen molar-refractivity contribution in [2.75, 3.05) is 26.3 Å². The number of amides is 1. The van der Waals surface area contributed by atoms with E-state index in [9.17, 15) is 9.90 Å². The molecule has 1 aliphatic heterocycles. The van der Waals surface area contributed by atoms with E-state index in [1.54, 1.807) is 22.0 Å². The molecule has 2 aliphatic rings. The van der Waals surface area contributed by atoms with E-state index in [-0.39, 0.29) is 12.5 Å². The van der Waals surface area contributed by atoms with Gasteiger partial charge in [-0.1, -0.05) is 5.21 Å². The highest BCUT2D eigenvalue weighted by Gasteiger charge is 2.36. The number of β-amino-alcohol motifs (C(OH)–C–C–N with tert-alkyl or cyclic N) is 1. The average Bonchev–Trinajstić information content (AvgIpc) is 3.14. The maximum absolute atomic E-state index is 12.1. The minimum absolute atomic E-state index is 0.0348. The Morgan fingerprint density at radius 2 is 2.33 bits per heavy atom. The number of nitrogens with zero attached hydrogens (tertiary/aromatic N) is 4. The number of ether oxygens (including phenoxy) is 1. The van der Waals surface area contributed by atoms with Crippen molar-refractivity contribution in [2.24, 2.45) is 5.92 Å². The van der Waals surface area contributed by atoms with Gasteiger partial charge in [0, 0.05) is 12.7 Å². The summed E-state index contributed by atoms with van der Waals surface area (Å²) in [6.45, 7) is 2.18. The second kappa shape index (κ2) is 6.11. The first-order valence-electron chi connectivity index (χ1n) is 7.57. The van der Waals surface area contributed by atoms with Crippen molar-refractivity contribution in [3.8, 4) is 0 Å². The van der Waals surface area contributed by atoms with Gasteiger partial charge in [-0.15, -0.1) is 5.10 Å². The van der Waals surface area contributed by atoms with Gasteiger partial charge >= 0.3 is 0 Å². The summed E-state index contributed by atoms with van der Waals surface area (Å²) in [6.07, 6.45) is 7.20. The lowest BCUT2D eigenvalue weighted by Crippen LogP contribution is -2.53. The first-order valence-corrected chi connectivity index (χ1v) is 7.57. The van der Waals surface area contributed by atoms with Gasteiger partial charge in [0.15, 0.2) is 0 Å². The van der Waals surface area contributed by atoms with Crippen molar-refractivity contribution in [2.45, 2.75) is 37.8 Å². The van der Waals surface area contributed by atoms with Gasteiger partial charge in [-0.25, -0.2) is 4.68 Å². The fraction of sp³-hybridized carbons (Fsp3) is 0.786. The van der Waals surface area contributed by atoms with Crippen LogP contribution in [0, 0.1) is 5.92 Å². The molecular formula is C14H22N4O3. The maximum atomic E-state index is 12.1. The lowest BCUT2D eigenvalue weighted by molar-refractivity contribution is -0.144. The first kappa shape index (κ1) is 14.5. The Balaban J connectivity index is 1.50. The monoisotopic (exact) mass is 294 g/mol. The van der Waals surface area contributed by atoms with E-state index in [2.05, 4.69) is 10.3 Å². The SMILES string of the molecule is O=C(COCC1CC1)N1CCCC(O)(Cn2ccnn2)C1. The Hall–Kier alpha value is -1.47. The van der Waals surface area contributed by atoms with Crippen LogP contribution < -0.4 is 0 Å². The first-order chi connectivity index (χ1) is 10.1. The molecule has 21 heavy (non-hydrogen) atoms. The van der Waals surface area contributed by atoms with Gasteiger partial charge in [0.25, 0.3) is 0 Å². The van der Waals surface area contributed by atoms with Gasteiger partial charge in [0.05, 0.1) is 25.9 Å². The predicted molar refractivity (Wildman–Crippen MR) is 74.3 cm³/mol. The molecular weight excluding hydrogens is 272 g/mol. The van der Waals surface area contributed by atoms with Gasteiger partial charge < -0.3 is 14.7 Å². The number of carbonyl (C=O) groups excluding carboxylic acids is 1. The summed E-state index contributed by atoms with van der Waals surface area (Å²) in [6, 6.07) is 0. The van der Waals surface area contributed by atoms with Crippen molar-refractivity contribution >= 4 is 5.91 Å². The van der Waals surface area contributed by atoms with E-state index in [0.717, 1.165) is 6.42 Å². The van der Waals surface area contributed by atoms with E-state index in [4.69, 9.17) is 4.74 Å². The Morgan fingerprint density at radius 1 is 1.48 bits per heavy atom. The molecule has 0 spiro atoms. The number of aliphatic hydroxyl groups is 1. The third-order valence-electron chi connectivity index (χ3n) is 4.11. The van der Waals surface area contributed by atoms with E-state index in [1.165, 1.54) is 12.8 Å². The molecule has 0 aromatic carbocycles. The second-order valence-electron chi connectivity index (χ2n) is 6.20. The molecule has 1 saturated heterocycles. The van der Waals surface area contributed by atoms with Crippen LogP contribution in [0.5, 0.6) is 0 Å². The number of hydrogen-bond donors (Lipinski definition) is 1. The number of aromatic nitrogens is 3. The van der Waals surface area contributed by atoms with Crippen LogP contribution in [0.1, 0.15) is 25.7 Å². The molecule has 1 aromatic rings. The summed E-state index contributed by atoms with van der Waals surface area (Å²) in [5, 5.41) is 18.3. The zero-order valence-electron chi connectivity index (χ0n) is 12.1. The van der Waals surface area contributed by atoms with E-state index in [0.29, 0.717) is 38.6 Å². The quantitative estimate of drug-likeness (QED) is 0.802. The summed E-state index contributed by atoms with van der Waals surface area (Å²) in [5.41, 5.74) is -0.932. The van der Waals surface area contributed by atoms with E-state index in [1.807, 2.05) is 0 Å². The van der Waals surface area contributed by atoms with Crippen molar-refractivity contribution in [3.05, 3.63) is 12.4 Å². The second-order valence-corrected chi connectivity index (χ2v) is 6.20. The van der Waals surface area contributed by atoms with Gasteiger partial charge in [-0.3, -0.25) is 4.79 Å². The van der Waals surface area contributed by atoms with Gasteiger partial charge in [0.2, 0.25) is 5.91 Å². The summed E-state index contributed by atoms with van der Waals surface area (Å²) in [7, 11) is 0. The molecule has 0 radical (unpaired) electrons. The van der Waals surface area contributed by atoms with Crippen LogP contribution in [0.3, 0.4) is 0 Å². The molecule has 0 bridgehead atoms. The minimum atomic E-state index is -0.932. The highest BCUT2D eigenvalue weighted by Crippen LogP contribution is 2.29. The van der Waals surface area contributed by atoms with Gasteiger partial charge in [0.1, 0.15) is 12.2 Å². The number of rotatable bonds is 6. The summed E-state index contributed by atoms with van der Waals surface area (Å²) in [5.74, 6) is 0.621. The van der Waals surface area contributed by atoms with E-state index >= 15 is 0 Å². The Morgan fingerprint density at radius 3 is 3.05 bits per heavy atom. The topological polar surface area (TPSA) is 80.5 Å². The zero-order valence-corrected chi connectivity index (χ0v) is 12.1. The Labute approximate surface area is 123 Å². The van der Waals surface area contributed by atoms with Crippen LogP contribution in [0.2, 0.25) is 0 Å². The molecule has 1 aliphatic carbocycles. The van der Waals surface area contributed by atoms with Crippen LogP contribution in [-0.4, -0.2) is 62.8 Å². The third-order valence-corrected chi connectivity index (χ3v) is 4.11. The smallest absolute Gasteiger partial charge is 0.248 e. The summed E-state index contributed by atoms with van der Waals surface area (Å²) >= 11 is 0. The third kappa shape index (κ3) is 4.01. The molecule has 2 heterocycles. The van der Waals surface area contributed by atoms with Crippen LogP contribution in [-0.2, 0) is 16.1 Å². The Bertz CT molecular complexity index is 475. The fourth-order valence-electron chi connectivity index (χ4n) is 2.76. The maximum Gasteiger partial charge on any atom is 0.248 e.